The molecule has 3 aromatic rings. The molecule has 1 aliphatic rings. The Kier molecular flexibility index (Phi) is 7.55. The topological polar surface area (TPSA) is 59.9 Å². The van der Waals surface area contributed by atoms with Crippen LogP contribution in [-0.2, 0) is 11.4 Å². The summed E-state index contributed by atoms with van der Waals surface area (Å²) in [7, 11) is 0. The van der Waals surface area contributed by atoms with Crippen molar-refractivity contribution in [3.63, 3.8) is 0 Å². The number of thioether (sulfide) groups is 1. The van der Waals surface area contributed by atoms with Gasteiger partial charge in [-0.05, 0) is 79.2 Å². The van der Waals surface area contributed by atoms with Crippen molar-refractivity contribution in [3.8, 4) is 11.5 Å². The third-order valence-electron chi connectivity index (χ3n) is 4.82. The number of hydrogen-bond donors (Lipinski definition) is 1. The van der Waals surface area contributed by atoms with Crippen LogP contribution in [0.25, 0.3) is 6.08 Å². The van der Waals surface area contributed by atoms with Crippen molar-refractivity contribution in [2.45, 2.75) is 20.5 Å². The van der Waals surface area contributed by atoms with Gasteiger partial charge in [-0.25, -0.2) is 9.38 Å². The van der Waals surface area contributed by atoms with Gasteiger partial charge < -0.3 is 14.8 Å². The van der Waals surface area contributed by atoms with Crippen LogP contribution in [0.3, 0.4) is 0 Å². The molecule has 34 heavy (non-hydrogen) atoms. The highest BCUT2D eigenvalue weighted by Crippen LogP contribution is 2.39. The summed E-state index contributed by atoms with van der Waals surface area (Å²) in [6.45, 7) is 4.39. The minimum absolute atomic E-state index is 0.134. The molecule has 1 aliphatic heterocycles. The average molecular weight is 497 g/mol. The Hall–Kier alpha value is -3.29. The van der Waals surface area contributed by atoms with E-state index in [-0.39, 0.29) is 18.3 Å². The lowest BCUT2D eigenvalue weighted by molar-refractivity contribution is -0.115. The first kappa shape index (κ1) is 23.9. The molecule has 1 amide bonds. The van der Waals surface area contributed by atoms with E-state index in [1.165, 1.54) is 23.9 Å². The summed E-state index contributed by atoms with van der Waals surface area (Å²) in [5.74, 6) is 0.225. The molecule has 3 aromatic carbocycles. The fraction of sp³-hybridized carbons (Fsp3) is 0.154. The zero-order chi connectivity index (χ0) is 24.1. The summed E-state index contributed by atoms with van der Waals surface area (Å²) < 4.78 is 25.0. The largest absolute Gasteiger partial charge is 0.490 e. The fourth-order valence-corrected chi connectivity index (χ4v) is 4.34. The van der Waals surface area contributed by atoms with E-state index in [9.17, 15) is 9.18 Å². The second-order valence-electron chi connectivity index (χ2n) is 7.50. The van der Waals surface area contributed by atoms with Crippen LogP contribution in [0.4, 0.5) is 10.1 Å². The normalized spacial score (nSPS) is 15.6. The number of amidine groups is 1. The number of hydrogen-bond acceptors (Lipinski definition) is 5. The SMILES string of the molecule is CCOc1cc(/C=C2/SC(=Nc3ccc(C)cc3)NC2=O)cc(Cl)c1OCc1cccc(F)c1. The molecule has 1 saturated heterocycles. The van der Waals surface area contributed by atoms with Gasteiger partial charge in [0.25, 0.3) is 5.91 Å². The summed E-state index contributed by atoms with van der Waals surface area (Å²) in [6, 6.07) is 17.3. The first-order valence-corrected chi connectivity index (χ1v) is 11.8. The van der Waals surface area contributed by atoms with Crippen LogP contribution < -0.4 is 14.8 Å². The number of carbonyl (C=O) groups is 1. The predicted molar refractivity (Wildman–Crippen MR) is 135 cm³/mol. The first-order valence-electron chi connectivity index (χ1n) is 10.6. The Morgan fingerprint density at radius 1 is 1.12 bits per heavy atom. The van der Waals surface area contributed by atoms with Gasteiger partial charge in [-0.2, -0.15) is 0 Å². The third kappa shape index (κ3) is 5.98. The van der Waals surface area contributed by atoms with Crippen molar-refractivity contribution in [1.29, 1.82) is 0 Å². The zero-order valence-electron chi connectivity index (χ0n) is 18.6. The standard InChI is InChI=1S/C26H22ClFN2O3S/c1-3-32-22-13-18(12-21(27)24(22)33-15-17-5-4-6-19(28)11-17)14-23-25(31)30-26(34-23)29-20-9-7-16(2)8-10-20/h4-14H,3,15H2,1-2H3,(H,29,30,31)/b23-14+. The van der Waals surface area contributed by atoms with Crippen LogP contribution in [0, 0.1) is 12.7 Å². The van der Waals surface area contributed by atoms with Crippen molar-refractivity contribution in [2.75, 3.05) is 6.61 Å². The Bertz CT molecular complexity index is 1280. The highest BCUT2D eigenvalue weighted by molar-refractivity contribution is 8.18. The minimum Gasteiger partial charge on any atom is -0.490 e. The molecular weight excluding hydrogens is 475 g/mol. The zero-order valence-corrected chi connectivity index (χ0v) is 20.2. The summed E-state index contributed by atoms with van der Waals surface area (Å²) in [5, 5.41) is 3.61. The van der Waals surface area contributed by atoms with E-state index in [4.69, 9.17) is 21.1 Å². The van der Waals surface area contributed by atoms with Gasteiger partial charge in [0, 0.05) is 0 Å². The van der Waals surface area contributed by atoms with Gasteiger partial charge in [-0.1, -0.05) is 41.4 Å². The Balaban J connectivity index is 1.55. The van der Waals surface area contributed by atoms with E-state index in [2.05, 4.69) is 10.3 Å². The van der Waals surface area contributed by atoms with Crippen LogP contribution in [0.5, 0.6) is 11.5 Å². The fourth-order valence-electron chi connectivity index (χ4n) is 3.22. The maximum atomic E-state index is 13.5. The molecule has 0 spiro atoms. The number of carbonyl (C=O) groups excluding carboxylic acids is 1. The maximum absolute atomic E-state index is 13.5. The van der Waals surface area contributed by atoms with Crippen LogP contribution in [0.1, 0.15) is 23.6 Å². The lowest BCUT2D eigenvalue weighted by Gasteiger charge is -2.14. The van der Waals surface area contributed by atoms with Crippen LogP contribution in [0.15, 0.2) is 70.6 Å². The summed E-state index contributed by atoms with van der Waals surface area (Å²) in [6.07, 6.45) is 1.72. The van der Waals surface area contributed by atoms with E-state index in [1.807, 2.05) is 38.1 Å². The van der Waals surface area contributed by atoms with E-state index in [0.29, 0.717) is 44.3 Å². The number of ether oxygens (including phenoxy) is 2. The number of nitrogens with one attached hydrogen (secondary N) is 1. The Labute approximate surface area is 206 Å². The molecule has 0 unspecified atom stereocenters. The third-order valence-corrected chi connectivity index (χ3v) is 6.01. The molecule has 0 saturated carbocycles. The van der Waals surface area contributed by atoms with Gasteiger partial charge in [0.05, 0.1) is 22.2 Å². The molecule has 1 fully saturated rings. The highest BCUT2D eigenvalue weighted by Gasteiger charge is 2.24. The summed E-state index contributed by atoms with van der Waals surface area (Å²) in [5.41, 5.74) is 3.25. The molecule has 0 radical (unpaired) electrons. The predicted octanol–water partition coefficient (Wildman–Crippen LogP) is 6.66. The smallest absolute Gasteiger partial charge is 0.264 e. The van der Waals surface area contributed by atoms with Crippen molar-refractivity contribution < 1.29 is 18.7 Å². The monoisotopic (exact) mass is 496 g/mol. The van der Waals surface area contributed by atoms with Crippen molar-refractivity contribution in [2.24, 2.45) is 4.99 Å². The van der Waals surface area contributed by atoms with Gasteiger partial charge in [-0.3, -0.25) is 4.79 Å². The molecule has 0 atom stereocenters. The van der Waals surface area contributed by atoms with E-state index in [1.54, 1.807) is 30.3 Å². The summed E-state index contributed by atoms with van der Waals surface area (Å²) >= 11 is 7.75. The molecular formula is C26H22ClFN2O3S. The van der Waals surface area contributed by atoms with Gasteiger partial charge in [0.2, 0.25) is 0 Å². The van der Waals surface area contributed by atoms with Crippen LogP contribution in [0.2, 0.25) is 5.02 Å². The van der Waals surface area contributed by atoms with Crippen molar-refractivity contribution >= 4 is 46.2 Å². The number of aryl methyl sites for hydroxylation is 1. The average Bonchev–Trinajstić information content (AvgIpc) is 3.13. The number of halogens is 2. The number of aliphatic imine (C=N–C) groups is 1. The molecule has 4 rings (SSSR count). The van der Waals surface area contributed by atoms with Gasteiger partial charge in [0.15, 0.2) is 16.7 Å². The van der Waals surface area contributed by atoms with Crippen molar-refractivity contribution in [3.05, 3.63) is 93.1 Å². The molecule has 1 heterocycles. The molecule has 0 aliphatic carbocycles. The molecule has 0 aromatic heterocycles. The van der Waals surface area contributed by atoms with Gasteiger partial charge in [-0.15, -0.1) is 0 Å². The molecule has 1 N–H and O–H groups in total. The first-order chi connectivity index (χ1) is 16.4. The molecule has 5 nitrogen and oxygen atoms in total. The lowest BCUT2D eigenvalue weighted by Crippen LogP contribution is -2.19. The van der Waals surface area contributed by atoms with E-state index in [0.717, 1.165) is 11.3 Å². The minimum atomic E-state index is -0.336. The maximum Gasteiger partial charge on any atom is 0.264 e. The quantitative estimate of drug-likeness (QED) is 0.372. The number of amides is 1. The van der Waals surface area contributed by atoms with E-state index < -0.39 is 0 Å². The number of benzene rings is 3. The molecule has 8 heteroatoms. The second kappa shape index (κ2) is 10.8. The number of rotatable bonds is 7. The number of nitrogens with zero attached hydrogens (tertiary/aromatic N) is 1. The van der Waals surface area contributed by atoms with E-state index >= 15 is 0 Å². The second-order valence-corrected chi connectivity index (χ2v) is 8.94. The van der Waals surface area contributed by atoms with Gasteiger partial charge >= 0.3 is 0 Å². The Morgan fingerprint density at radius 2 is 1.91 bits per heavy atom. The van der Waals surface area contributed by atoms with Crippen LogP contribution in [-0.4, -0.2) is 17.7 Å². The molecule has 0 bridgehead atoms. The summed E-state index contributed by atoms with van der Waals surface area (Å²) in [4.78, 5) is 17.5. The van der Waals surface area contributed by atoms with Crippen LogP contribution >= 0.6 is 23.4 Å². The highest BCUT2D eigenvalue weighted by atomic mass is 35.5. The van der Waals surface area contributed by atoms with Gasteiger partial charge in [0.1, 0.15) is 12.4 Å². The Morgan fingerprint density at radius 3 is 2.65 bits per heavy atom. The van der Waals surface area contributed by atoms with Crippen molar-refractivity contribution in [1.82, 2.24) is 5.32 Å². The molecule has 174 valence electrons. The lowest BCUT2D eigenvalue weighted by atomic mass is 10.1.